The van der Waals surface area contributed by atoms with Crippen LogP contribution in [-0.4, -0.2) is 32.1 Å². The number of esters is 1. The third kappa shape index (κ3) is 4.99. The Bertz CT molecular complexity index is 429. The number of amides is 1. The van der Waals surface area contributed by atoms with Crippen LogP contribution in [-0.2, 0) is 9.53 Å². The SMILES string of the molecule is CCOC(=O)CCCN(C)c1ccc(C(N)=O)cc1. The number of carbonyl (C=O) groups is 2. The average Bonchev–Trinajstić information content (AvgIpc) is 2.39. The second-order valence-corrected chi connectivity index (χ2v) is 4.24. The van der Waals surface area contributed by atoms with E-state index in [0.29, 0.717) is 18.6 Å². The molecule has 0 aromatic heterocycles. The maximum atomic E-state index is 11.2. The largest absolute Gasteiger partial charge is 0.466 e. The summed E-state index contributed by atoms with van der Waals surface area (Å²) >= 11 is 0. The zero-order chi connectivity index (χ0) is 14.3. The van der Waals surface area contributed by atoms with Gasteiger partial charge in [0, 0.05) is 31.3 Å². The Labute approximate surface area is 113 Å². The fourth-order valence-electron chi connectivity index (χ4n) is 1.70. The van der Waals surface area contributed by atoms with Crippen molar-refractivity contribution in [2.75, 3.05) is 25.1 Å². The average molecular weight is 264 g/mol. The molecule has 0 aliphatic rings. The molecule has 0 aliphatic heterocycles. The molecule has 0 atom stereocenters. The highest BCUT2D eigenvalue weighted by molar-refractivity contribution is 5.93. The first-order valence-electron chi connectivity index (χ1n) is 6.31. The lowest BCUT2D eigenvalue weighted by Crippen LogP contribution is -2.20. The smallest absolute Gasteiger partial charge is 0.305 e. The van der Waals surface area contributed by atoms with Crippen molar-refractivity contribution >= 4 is 17.6 Å². The van der Waals surface area contributed by atoms with Gasteiger partial charge in [-0.25, -0.2) is 0 Å². The lowest BCUT2D eigenvalue weighted by molar-refractivity contribution is -0.143. The quantitative estimate of drug-likeness (QED) is 0.759. The summed E-state index contributed by atoms with van der Waals surface area (Å²) in [4.78, 5) is 24.2. The van der Waals surface area contributed by atoms with Crippen LogP contribution in [0, 0.1) is 0 Å². The molecule has 1 aromatic carbocycles. The van der Waals surface area contributed by atoms with Gasteiger partial charge in [0.05, 0.1) is 6.61 Å². The summed E-state index contributed by atoms with van der Waals surface area (Å²) in [5, 5.41) is 0. The zero-order valence-electron chi connectivity index (χ0n) is 11.4. The van der Waals surface area contributed by atoms with Crippen LogP contribution in [0.25, 0.3) is 0 Å². The molecule has 0 bridgehead atoms. The van der Waals surface area contributed by atoms with Crippen LogP contribution in [0.1, 0.15) is 30.1 Å². The van der Waals surface area contributed by atoms with Crippen molar-refractivity contribution in [1.82, 2.24) is 0 Å². The number of ether oxygens (including phenoxy) is 1. The number of benzene rings is 1. The fourth-order valence-corrected chi connectivity index (χ4v) is 1.70. The molecule has 1 aromatic rings. The van der Waals surface area contributed by atoms with E-state index in [0.717, 1.165) is 18.7 Å². The van der Waals surface area contributed by atoms with E-state index in [1.54, 1.807) is 19.1 Å². The van der Waals surface area contributed by atoms with Crippen molar-refractivity contribution in [1.29, 1.82) is 0 Å². The highest BCUT2D eigenvalue weighted by Crippen LogP contribution is 2.14. The van der Waals surface area contributed by atoms with E-state index in [1.807, 2.05) is 24.1 Å². The minimum Gasteiger partial charge on any atom is -0.466 e. The predicted octanol–water partition coefficient (Wildman–Crippen LogP) is 1.56. The number of carbonyl (C=O) groups excluding carboxylic acids is 2. The van der Waals surface area contributed by atoms with Gasteiger partial charge in [0.15, 0.2) is 0 Å². The lowest BCUT2D eigenvalue weighted by atomic mass is 10.2. The molecular formula is C14H20N2O3. The van der Waals surface area contributed by atoms with Gasteiger partial charge in [-0.15, -0.1) is 0 Å². The van der Waals surface area contributed by atoms with E-state index in [4.69, 9.17) is 10.5 Å². The minimum atomic E-state index is -0.434. The van der Waals surface area contributed by atoms with Gasteiger partial charge in [0.1, 0.15) is 0 Å². The summed E-state index contributed by atoms with van der Waals surface area (Å²) in [6.45, 7) is 2.96. The number of rotatable bonds is 7. The van der Waals surface area contributed by atoms with Crippen molar-refractivity contribution in [3.63, 3.8) is 0 Å². The highest BCUT2D eigenvalue weighted by Gasteiger charge is 2.05. The maximum Gasteiger partial charge on any atom is 0.305 e. The van der Waals surface area contributed by atoms with E-state index in [2.05, 4.69) is 0 Å². The number of hydrogen-bond donors (Lipinski definition) is 1. The van der Waals surface area contributed by atoms with Crippen LogP contribution in [0.2, 0.25) is 0 Å². The van der Waals surface area contributed by atoms with Crippen molar-refractivity contribution in [2.24, 2.45) is 5.73 Å². The van der Waals surface area contributed by atoms with Crippen LogP contribution in [0.5, 0.6) is 0 Å². The summed E-state index contributed by atoms with van der Waals surface area (Å²) < 4.78 is 4.86. The number of anilines is 1. The fraction of sp³-hybridized carbons (Fsp3) is 0.429. The van der Waals surface area contributed by atoms with E-state index in [-0.39, 0.29) is 5.97 Å². The number of hydrogen-bond acceptors (Lipinski definition) is 4. The third-order valence-electron chi connectivity index (χ3n) is 2.77. The first-order valence-corrected chi connectivity index (χ1v) is 6.31. The molecule has 0 spiro atoms. The Hall–Kier alpha value is -2.04. The lowest BCUT2D eigenvalue weighted by Gasteiger charge is -2.19. The Balaban J connectivity index is 2.43. The Kier molecular flexibility index (Phi) is 5.85. The first-order chi connectivity index (χ1) is 9.04. The third-order valence-corrected chi connectivity index (χ3v) is 2.77. The van der Waals surface area contributed by atoms with Crippen LogP contribution in [0.15, 0.2) is 24.3 Å². The molecule has 0 unspecified atom stereocenters. The van der Waals surface area contributed by atoms with Crippen molar-refractivity contribution in [3.05, 3.63) is 29.8 Å². The Morgan fingerprint density at radius 2 is 1.89 bits per heavy atom. The van der Waals surface area contributed by atoms with E-state index < -0.39 is 5.91 Å². The first kappa shape index (κ1) is 15.0. The molecule has 1 rings (SSSR count). The van der Waals surface area contributed by atoms with Crippen molar-refractivity contribution in [3.8, 4) is 0 Å². The molecule has 0 fully saturated rings. The molecule has 2 N–H and O–H groups in total. The summed E-state index contributed by atoms with van der Waals surface area (Å²) in [6, 6.07) is 7.06. The number of primary amides is 1. The molecule has 19 heavy (non-hydrogen) atoms. The molecule has 5 heteroatoms. The molecule has 0 saturated heterocycles. The second-order valence-electron chi connectivity index (χ2n) is 4.24. The van der Waals surface area contributed by atoms with Crippen molar-refractivity contribution < 1.29 is 14.3 Å². The normalized spacial score (nSPS) is 10.0. The molecule has 0 saturated carbocycles. The number of nitrogens with zero attached hydrogens (tertiary/aromatic N) is 1. The van der Waals surface area contributed by atoms with Crippen LogP contribution >= 0.6 is 0 Å². The zero-order valence-corrected chi connectivity index (χ0v) is 11.4. The monoisotopic (exact) mass is 264 g/mol. The van der Waals surface area contributed by atoms with Gasteiger partial charge in [-0.2, -0.15) is 0 Å². The summed E-state index contributed by atoms with van der Waals surface area (Å²) in [7, 11) is 1.93. The molecule has 0 radical (unpaired) electrons. The van der Waals surface area contributed by atoms with Crippen LogP contribution < -0.4 is 10.6 Å². The Morgan fingerprint density at radius 1 is 1.26 bits per heavy atom. The summed E-state index contributed by atoms with van der Waals surface area (Å²) in [5.74, 6) is -0.600. The molecule has 0 heterocycles. The van der Waals surface area contributed by atoms with Gasteiger partial charge < -0.3 is 15.4 Å². The summed E-state index contributed by atoms with van der Waals surface area (Å²) in [6.07, 6.45) is 1.14. The van der Waals surface area contributed by atoms with E-state index in [1.165, 1.54) is 0 Å². The Morgan fingerprint density at radius 3 is 2.42 bits per heavy atom. The van der Waals surface area contributed by atoms with Gasteiger partial charge >= 0.3 is 5.97 Å². The van der Waals surface area contributed by atoms with Gasteiger partial charge in [-0.05, 0) is 37.6 Å². The van der Waals surface area contributed by atoms with Gasteiger partial charge in [0.2, 0.25) is 5.91 Å². The molecule has 104 valence electrons. The molecule has 0 aliphatic carbocycles. The van der Waals surface area contributed by atoms with Gasteiger partial charge in [-0.1, -0.05) is 0 Å². The highest BCUT2D eigenvalue weighted by atomic mass is 16.5. The molecule has 1 amide bonds. The van der Waals surface area contributed by atoms with Crippen LogP contribution in [0.4, 0.5) is 5.69 Å². The van der Waals surface area contributed by atoms with Gasteiger partial charge in [-0.3, -0.25) is 9.59 Å². The van der Waals surface area contributed by atoms with E-state index >= 15 is 0 Å². The standard InChI is InChI=1S/C14H20N2O3/c1-3-19-13(17)5-4-10-16(2)12-8-6-11(7-9-12)14(15)18/h6-9H,3-5,10H2,1-2H3,(H2,15,18). The predicted molar refractivity (Wildman–Crippen MR) is 74.1 cm³/mol. The van der Waals surface area contributed by atoms with Crippen molar-refractivity contribution in [2.45, 2.75) is 19.8 Å². The number of nitrogens with two attached hydrogens (primary N) is 1. The van der Waals surface area contributed by atoms with Crippen LogP contribution in [0.3, 0.4) is 0 Å². The van der Waals surface area contributed by atoms with E-state index in [9.17, 15) is 9.59 Å². The minimum absolute atomic E-state index is 0.167. The second kappa shape index (κ2) is 7.41. The van der Waals surface area contributed by atoms with Gasteiger partial charge in [0.25, 0.3) is 0 Å². The summed E-state index contributed by atoms with van der Waals surface area (Å²) in [5.41, 5.74) is 6.65. The topological polar surface area (TPSA) is 72.6 Å². The maximum absolute atomic E-state index is 11.2. The molecule has 5 nitrogen and oxygen atoms in total. The molecular weight excluding hydrogens is 244 g/mol.